The third-order valence-electron chi connectivity index (χ3n) is 2.35. The van der Waals surface area contributed by atoms with Gasteiger partial charge in [-0.1, -0.05) is 0 Å². The minimum absolute atomic E-state index is 0.661. The van der Waals surface area contributed by atoms with Gasteiger partial charge in [0.05, 0.1) is 0 Å². The molecule has 0 nitrogen and oxygen atoms in total. The Kier molecular flexibility index (Phi) is 4.11. The van der Waals surface area contributed by atoms with Gasteiger partial charge in [-0.25, -0.2) is 0 Å². The third-order valence-corrected chi connectivity index (χ3v) is 9.35. The molecule has 2 aromatic rings. The molecule has 2 aromatic carbocycles. The van der Waals surface area contributed by atoms with Crippen LogP contribution in [0.2, 0.25) is 0 Å². The van der Waals surface area contributed by atoms with Gasteiger partial charge in [-0.2, -0.15) is 0 Å². The zero-order valence-corrected chi connectivity index (χ0v) is 12.4. The van der Waals surface area contributed by atoms with Gasteiger partial charge in [0.1, 0.15) is 0 Å². The first-order valence-corrected chi connectivity index (χ1v) is 11.2. The average molecular weight is 376 g/mol. The van der Waals surface area contributed by atoms with Gasteiger partial charge in [-0.05, 0) is 0 Å². The summed E-state index contributed by atoms with van der Waals surface area (Å²) in [4.78, 5) is 0. The average Bonchev–Trinajstić information content (AvgIpc) is 2.27. The van der Waals surface area contributed by atoms with Gasteiger partial charge in [0.2, 0.25) is 0 Å². The van der Waals surface area contributed by atoms with Crippen LogP contribution in [0.15, 0.2) is 36.4 Å². The molecule has 7 heteroatoms. The molecule has 19 heavy (non-hydrogen) atoms. The van der Waals surface area contributed by atoms with Crippen LogP contribution in [-0.4, -0.2) is 11.0 Å². The van der Waals surface area contributed by atoms with Crippen molar-refractivity contribution in [2.45, 2.75) is 0 Å². The van der Waals surface area contributed by atoms with Gasteiger partial charge in [-0.15, -0.1) is 0 Å². The monoisotopic (exact) mass is 376 g/mol. The van der Waals surface area contributed by atoms with Crippen molar-refractivity contribution >= 4 is 40.1 Å². The summed E-state index contributed by atoms with van der Waals surface area (Å²) in [7, 11) is 11.9. The van der Waals surface area contributed by atoms with E-state index in [1.807, 2.05) is 0 Å². The zero-order chi connectivity index (χ0) is 14.2. The van der Waals surface area contributed by atoms with Gasteiger partial charge in [0.25, 0.3) is 0 Å². The molecule has 102 valence electrons. The Morgan fingerprint density at radius 2 is 0.895 bits per heavy atom. The van der Waals surface area contributed by atoms with E-state index in [4.69, 9.17) is 20.2 Å². The van der Waals surface area contributed by atoms with Gasteiger partial charge < -0.3 is 0 Å². The van der Waals surface area contributed by atoms with Crippen LogP contribution in [0.5, 0.6) is 0 Å². The number of benzene rings is 2. The summed E-state index contributed by atoms with van der Waals surface area (Å²) in [5.41, 5.74) is 0. The van der Waals surface area contributed by atoms with Crippen LogP contribution in [0.1, 0.15) is 0 Å². The van der Waals surface area contributed by atoms with Crippen molar-refractivity contribution in [2.24, 2.45) is 0 Å². The summed E-state index contributed by atoms with van der Waals surface area (Å²) >= 11 is -4.40. The second-order valence-electron chi connectivity index (χ2n) is 3.57. The molecule has 0 aliphatic carbocycles. The SMILES string of the molecule is Fc1cccc(F)c1[Se](Cl)(Cl)c1c(F)cccc1F. The van der Waals surface area contributed by atoms with E-state index in [1.165, 1.54) is 0 Å². The van der Waals surface area contributed by atoms with Crippen LogP contribution in [0.25, 0.3) is 0 Å². The predicted octanol–water partition coefficient (Wildman–Crippen LogP) is 3.28. The van der Waals surface area contributed by atoms with Gasteiger partial charge >= 0.3 is 117 Å². The van der Waals surface area contributed by atoms with Gasteiger partial charge in [0, 0.05) is 0 Å². The molecule has 0 atom stereocenters. The molecule has 0 aliphatic rings. The van der Waals surface area contributed by atoms with Crippen LogP contribution in [0.3, 0.4) is 0 Å². The van der Waals surface area contributed by atoms with Crippen molar-refractivity contribution in [3.63, 3.8) is 0 Å². The molecule has 0 fully saturated rings. The van der Waals surface area contributed by atoms with E-state index in [-0.39, 0.29) is 0 Å². The summed E-state index contributed by atoms with van der Waals surface area (Å²) in [6.07, 6.45) is 0. The molecule has 0 radical (unpaired) electrons. The second kappa shape index (κ2) is 5.33. The normalized spacial score (nSPS) is 12.5. The van der Waals surface area contributed by atoms with Crippen molar-refractivity contribution in [2.75, 3.05) is 0 Å². The van der Waals surface area contributed by atoms with E-state index in [1.54, 1.807) is 0 Å². The summed E-state index contributed by atoms with van der Waals surface area (Å²) in [6, 6.07) is 5.99. The number of hydrogen-bond acceptors (Lipinski definition) is 0. The van der Waals surface area contributed by atoms with Crippen LogP contribution >= 0.6 is 20.2 Å². The van der Waals surface area contributed by atoms with Crippen molar-refractivity contribution in [3.8, 4) is 0 Å². The Labute approximate surface area is 117 Å². The molecule has 0 saturated heterocycles. The molecule has 2 rings (SSSR count). The fraction of sp³-hybridized carbons (Fsp3) is 0. The van der Waals surface area contributed by atoms with E-state index in [9.17, 15) is 17.6 Å². The summed E-state index contributed by atoms with van der Waals surface area (Å²) in [5.74, 6) is -4.08. The Morgan fingerprint density at radius 3 is 1.16 bits per heavy atom. The van der Waals surface area contributed by atoms with Crippen LogP contribution in [0, 0.1) is 23.3 Å². The fourth-order valence-electron chi connectivity index (χ4n) is 1.56. The topological polar surface area (TPSA) is 0 Å². The predicted molar refractivity (Wildman–Crippen MR) is 69.4 cm³/mol. The zero-order valence-electron chi connectivity index (χ0n) is 9.14. The van der Waals surface area contributed by atoms with E-state index >= 15 is 0 Å². The standard InChI is InChI=1S/C12H6Cl2F4Se/c13-19(14,11-7(15)3-1-4-8(11)16)12-9(17)5-2-6-10(12)18/h1-6H. The van der Waals surface area contributed by atoms with Crippen molar-refractivity contribution in [1.82, 2.24) is 0 Å². The second-order valence-corrected chi connectivity index (χ2v) is 12.9. The Hall–Kier alpha value is -0.741. The molecule has 0 N–H and O–H groups in total. The van der Waals surface area contributed by atoms with Gasteiger partial charge in [-0.3, -0.25) is 0 Å². The molecular weight excluding hydrogens is 370 g/mol. The van der Waals surface area contributed by atoms with Crippen molar-refractivity contribution in [3.05, 3.63) is 59.7 Å². The fourth-order valence-corrected chi connectivity index (χ4v) is 7.68. The Bertz CT molecular complexity index is 537. The Morgan fingerprint density at radius 1 is 0.632 bits per heavy atom. The maximum atomic E-state index is 13.7. The van der Waals surface area contributed by atoms with E-state index < -0.39 is 43.2 Å². The Balaban J connectivity index is 2.73. The van der Waals surface area contributed by atoms with E-state index in [0.29, 0.717) is 0 Å². The van der Waals surface area contributed by atoms with Gasteiger partial charge in [0.15, 0.2) is 0 Å². The molecule has 0 spiro atoms. The molecule has 0 unspecified atom stereocenters. The quantitative estimate of drug-likeness (QED) is 0.558. The number of rotatable bonds is 2. The minimum atomic E-state index is -4.40. The molecule has 0 heterocycles. The third kappa shape index (κ3) is 2.61. The number of halogens is 6. The molecule has 0 bridgehead atoms. The number of hydrogen-bond donors (Lipinski definition) is 0. The van der Waals surface area contributed by atoms with E-state index in [0.717, 1.165) is 36.4 Å². The van der Waals surface area contributed by atoms with E-state index in [2.05, 4.69) is 0 Å². The molecular formula is C12H6Cl2F4Se. The van der Waals surface area contributed by atoms with Crippen molar-refractivity contribution in [1.29, 1.82) is 0 Å². The van der Waals surface area contributed by atoms with Crippen LogP contribution in [-0.2, 0) is 0 Å². The molecule has 0 saturated carbocycles. The van der Waals surface area contributed by atoms with Crippen molar-refractivity contribution < 1.29 is 17.6 Å². The first-order valence-electron chi connectivity index (χ1n) is 4.96. The maximum absolute atomic E-state index is 13.7. The summed E-state index contributed by atoms with van der Waals surface area (Å²) in [6.45, 7) is 0. The first kappa shape index (κ1) is 14.7. The van der Waals surface area contributed by atoms with Crippen LogP contribution in [0.4, 0.5) is 17.6 Å². The van der Waals surface area contributed by atoms with Crippen LogP contribution < -0.4 is 8.92 Å². The first-order chi connectivity index (χ1) is 8.85. The summed E-state index contributed by atoms with van der Waals surface area (Å²) in [5, 5.41) is 0. The molecule has 0 aromatic heterocycles. The molecule has 0 amide bonds. The molecule has 0 aliphatic heterocycles. The summed E-state index contributed by atoms with van der Waals surface area (Å²) < 4.78 is 53.4.